The van der Waals surface area contributed by atoms with Crippen LogP contribution in [0, 0.1) is 0 Å². The van der Waals surface area contributed by atoms with E-state index in [-0.39, 0.29) is 11.9 Å². The molecule has 2 heterocycles. The Labute approximate surface area is 187 Å². The van der Waals surface area contributed by atoms with Crippen molar-refractivity contribution in [3.63, 3.8) is 0 Å². The lowest BCUT2D eigenvalue weighted by molar-refractivity contribution is -0.121. The number of thioether (sulfide) groups is 1. The zero-order valence-electron chi connectivity index (χ0n) is 17.7. The van der Waals surface area contributed by atoms with Crippen molar-refractivity contribution in [2.24, 2.45) is 0 Å². The molecule has 1 saturated heterocycles. The maximum absolute atomic E-state index is 13.1. The fourth-order valence-electron chi connectivity index (χ4n) is 3.83. The number of nitrogens with one attached hydrogen (secondary N) is 1. The number of benzene rings is 2. The highest BCUT2D eigenvalue weighted by molar-refractivity contribution is 8.08. The fraction of sp³-hybridized carbons (Fsp3) is 0.375. The van der Waals surface area contributed by atoms with Gasteiger partial charge in [0.25, 0.3) is 5.91 Å². The molecule has 0 radical (unpaired) electrons. The summed E-state index contributed by atoms with van der Waals surface area (Å²) in [4.78, 5) is 16.4. The molecule has 1 N–H and O–H groups in total. The van der Waals surface area contributed by atoms with E-state index in [0.717, 1.165) is 40.6 Å². The summed E-state index contributed by atoms with van der Waals surface area (Å²) < 4.78 is 16.6. The highest BCUT2D eigenvalue weighted by atomic mass is 32.2. The number of amides is 1. The molecule has 0 saturated carbocycles. The van der Waals surface area contributed by atoms with E-state index in [0.29, 0.717) is 32.1 Å². The van der Waals surface area contributed by atoms with E-state index < -0.39 is 0 Å². The van der Waals surface area contributed by atoms with E-state index in [2.05, 4.69) is 22.3 Å². The Hall–Kier alpha value is -2.48. The Balaban J connectivity index is 1.52. The van der Waals surface area contributed by atoms with Gasteiger partial charge in [-0.1, -0.05) is 42.5 Å². The van der Waals surface area contributed by atoms with E-state index >= 15 is 0 Å². The summed E-state index contributed by atoms with van der Waals surface area (Å²) in [6, 6.07) is 18.0. The van der Waals surface area contributed by atoms with E-state index in [9.17, 15) is 4.79 Å². The Morgan fingerprint density at radius 1 is 1.10 bits per heavy atom. The molecule has 1 amide bonds. The van der Waals surface area contributed by atoms with Crippen molar-refractivity contribution in [1.29, 1.82) is 0 Å². The summed E-state index contributed by atoms with van der Waals surface area (Å²) in [6.07, 6.45) is 0. The van der Waals surface area contributed by atoms with Crippen molar-refractivity contribution in [3.8, 4) is 5.75 Å². The van der Waals surface area contributed by atoms with Gasteiger partial charge in [-0.3, -0.25) is 9.69 Å². The zero-order valence-corrected chi connectivity index (χ0v) is 18.5. The van der Waals surface area contributed by atoms with E-state index in [1.54, 1.807) is 18.9 Å². The van der Waals surface area contributed by atoms with Gasteiger partial charge in [-0.2, -0.15) is 0 Å². The van der Waals surface area contributed by atoms with E-state index in [1.165, 1.54) is 0 Å². The average molecular weight is 441 g/mol. The first-order valence-corrected chi connectivity index (χ1v) is 11.5. The van der Waals surface area contributed by atoms with Crippen molar-refractivity contribution < 1.29 is 19.0 Å². The Morgan fingerprint density at radius 3 is 2.55 bits per heavy atom. The van der Waals surface area contributed by atoms with Crippen LogP contribution in [0.2, 0.25) is 0 Å². The quantitative estimate of drug-likeness (QED) is 0.713. The number of rotatable bonds is 7. The van der Waals surface area contributed by atoms with Crippen LogP contribution in [0.1, 0.15) is 17.2 Å². The summed E-state index contributed by atoms with van der Waals surface area (Å²) >= 11 is 1.67. The normalized spacial score (nSPS) is 18.2. The third-order valence-corrected chi connectivity index (χ3v) is 6.55. The van der Waals surface area contributed by atoms with Crippen molar-refractivity contribution in [2.45, 2.75) is 6.04 Å². The van der Waals surface area contributed by atoms with E-state index in [4.69, 9.17) is 14.2 Å². The first-order valence-electron chi connectivity index (χ1n) is 10.6. The van der Waals surface area contributed by atoms with Crippen LogP contribution in [0.5, 0.6) is 5.75 Å². The van der Waals surface area contributed by atoms with Gasteiger partial charge in [0.2, 0.25) is 0 Å². The standard InChI is InChI=1S/C24H28N2O4S/c1-28-20-9-7-18(8-10-20)21(26-11-13-29-14-12-26)17-25-24(27)22-23(31-16-15-30-22)19-5-3-2-4-6-19/h2-10,21H,11-17H2,1H3,(H,25,27)/t21-/m1/s1. The van der Waals surface area contributed by atoms with Crippen molar-refractivity contribution in [2.75, 3.05) is 52.3 Å². The SMILES string of the molecule is COc1ccc([C@@H](CNC(=O)C2=C(c3ccccc3)SCCO2)N2CCOCC2)cc1. The first-order chi connectivity index (χ1) is 15.3. The highest BCUT2D eigenvalue weighted by Crippen LogP contribution is 2.34. The van der Waals surface area contributed by atoms with Crippen LogP contribution in [-0.4, -0.2) is 63.1 Å². The van der Waals surface area contributed by atoms with Gasteiger partial charge < -0.3 is 19.5 Å². The predicted octanol–water partition coefficient (Wildman–Crippen LogP) is 3.32. The van der Waals surface area contributed by atoms with Crippen LogP contribution in [0.25, 0.3) is 4.91 Å². The average Bonchev–Trinajstić information content (AvgIpc) is 2.85. The number of hydrogen-bond acceptors (Lipinski definition) is 6. The maximum Gasteiger partial charge on any atom is 0.287 e. The molecule has 2 aromatic carbocycles. The Bertz CT molecular complexity index is 896. The molecule has 0 spiro atoms. The molecule has 1 fully saturated rings. The second-order valence-electron chi connectivity index (χ2n) is 7.37. The summed E-state index contributed by atoms with van der Waals surface area (Å²) in [6.45, 7) is 4.08. The number of methoxy groups -OCH3 is 1. The van der Waals surface area contributed by atoms with Crippen molar-refractivity contribution in [3.05, 3.63) is 71.5 Å². The van der Waals surface area contributed by atoms with Gasteiger partial charge in [0.1, 0.15) is 5.75 Å². The van der Waals surface area contributed by atoms with Crippen LogP contribution in [0.15, 0.2) is 60.4 Å². The second kappa shape index (κ2) is 10.7. The van der Waals surface area contributed by atoms with Crippen LogP contribution in [0.4, 0.5) is 0 Å². The summed E-state index contributed by atoms with van der Waals surface area (Å²) in [5, 5.41) is 3.13. The maximum atomic E-state index is 13.1. The predicted molar refractivity (Wildman–Crippen MR) is 123 cm³/mol. The number of carbonyl (C=O) groups is 1. The lowest BCUT2D eigenvalue weighted by Crippen LogP contribution is -2.44. The smallest absolute Gasteiger partial charge is 0.287 e. The number of morpholine rings is 1. The molecule has 6 nitrogen and oxygen atoms in total. The molecular weight excluding hydrogens is 412 g/mol. The molecule has 31 heavy (non-hydrogen) atoms. The van der Waals surface area contributed by atoms with Gasteiger partial charge >= 0.3 is 0 Å². The molecular formula is C24H28N2O4S. The molecule has 164 valence electrons. The third-order valence-electron chi connectivity index (χ3n) is 5.47. The van der Waals surface area contributed by atoms with Crippen molar-refractivity contribution >= 4 is 22.6 Å². The van der Waals surface area contributed by atoms with Gasteiger partial charge in [0, 0.05) is 25.4 Å². The Morgan fingerprint density at radius 2 is 1.84 bits per heavy atom. The topological polar surface area (TPSA) is 60.0 Å². The van der Waals surface area contributed by atoms with Gasteiger partial charge in [-0.25, -0.2) is 0 Å². The van der Waals surface area contributed by atoms with Gasteiger partial charge in [0.15, 0.2) is 5.76 Å². The first kappa shape index (κ1) is 21.7. The molecule has 0 aliphatic carbocycles. The van der Waals surface area contributed by atoms with Gasteiger partial charge in [-0.15, -0.1) is 11.8 Å². The molecule has 0 unspecified atom stereocenters. The number of ether oxygens (including phenoxy) is 3. The number of carbonyl (C=O) groups excluding carboxylic acids is 1. The largest absolute Gasteiger partial charge is 0.497 e. The van der Waals surface area contributed by atoms with Crippen molar-refractivity contribution in [1.82, 2.24) is 10.2 Å². The molecule has 4 rings (SSSR count). The van der Waals surface area contributed by atoms with Gasteiger partial charge in [0.05, 0.1) is 37.9 Å². The van der Waals surface area contributed by atoms with Crippen LogP contribution in [-0.2, 0) is 14.3 Å². The summed E-state index contributed by atoms with van der Waals surface area (Å²) in [5.41, 5.74) is 2.15. The molecule has 2 aliphatic heterocycles. The number of hydrogen-bond donors (Lipinski definition) is 1. The molecule has 0 aromatic heterocycles. The van der Waals surface area contributed by atoms with Gasteiger partial charge in [-0.05, 0) is 23.3 Å². The fourth-order valence-corrected chi connectivity index (χ4v) is 4.79. The Kier molecular flexibility index (Phi) is 7.51. The summed E-state index contributed by atoms with van der Waals surface area (Å²) in [7, 11) is 1.66. The minimum atomic E-state index is -0.169. The molecule has 2 aliphatic rings. The van der Waals surface area contributed by atoms with Crippen LogP contribution in [0.3, 0.4) is 0 Å². The second-order valence-corrected chi connectivity index (χ2v) is 8.47. The highest BCUT2D eigenvalue weighted by Gasteiger charge is 2.26. The molecule has 2 aromatic rings. The van der Waals surface area contributed by atoms with E-state index in [1.807, 2.05) is 42.5 Å². The lowest BCUT2D eigenvalue weighted by atomic mass is 10.0. The minimum Gasteiger partial charge on any atom is -0.497 e. The zero-order chi connectivity index (χ0) is 21.5. The molecule has 1 atom stereocenters. The number of nitrogens with zero attached hydrogens (tertiary/aromatic N) is 1. The van der Waals surface area contributed by atoms with Crippen LogP contribution >= 0.6 is 11.8 Å². The lowest BCUT2D eigenvalue weighted by Gasteiger charge is -2.35. The summed E-state index contributed by atoms with van der Waals surface area (Å²) in [5.74, 6) is 1.90. The monoisotopic (exact) mass is 440 g/mol. The van der Waals surface area contributed by atoms with Crippen LogP contribution < -0.4 is 10.1 Å². The molecule has 0 bridgehead atoms. The third kappa shape index (κ3) is 5.42. The molecule has 7 heteroatoms. The minimum absolute atomic E-state index is 0.0516.